The summed E-state index contributed by atoms with van der Waals surface area (Å²) in [5, 5.41) is 1.73. The molecule has 0 unspecified atom stereocenters. The van der Waals surface area contributed by atoms with Gasteiger partial charge in [0.25, 0.3) is 0 Å². The average molecular weight is 262 g/mol. The van der Waals surface area contributed by atoms with Gasteiger partial charge in [-0.3, -0.25) is 5.84 Å². The molecular weight excluding hydrogens is 246 g/mol. The molecule has 94 valence electrons. The SMILES string of the molecule is NNc1cc2cccc(Cl)c2nc1C1CCCC1. The minimum atomic E-state index is 0.511. The summed E-state index contributed by atoms with van der Waals surface area (Å²) in [6, 6.07) is 7.86. The highest BCUT2D eigenvalue weighted by Gasteiger charge is 2.22. The topological polar surface area (TPSA) is 50.9 Å². The summed E-state index contributed by atoms with van der Waals surface area (Å²) in [6.07, 6.45) is 4.93. The average Bonchev–Trinajstić information content (AvgIpc) is 2.91. The van der Waals surface area contributed by atoms with Gasteiger partial charge < -0.3 is 5.43 Å². The monoisotopic (exact) mass is 261 g/mol. The highest BCUT2D eigenvalue weighted by molar-refractivity contribution is 6.35. The van der Waals surface area contributed by atoms with Gasteiger partial charge in [0.2, 0.25) is 0 Å². The van der Waals surface area contributed by atoms with E-state index in [4.69, 9.17) is 22.4 Å². The molecule has 4 heteroatoms. The maximum Gasteiger partial charge on any atom is 0.0893 e. The zero-order valence-corrected chi connectivity index (χ0v) is 10.9. The molecule has 1 heterocycles. The lowest BCUT2D eigenvalue weighted by atomic mass is 10.0. The number of halogens is 1. The van der Waals surface area contributed by atoms with Gasteiger partial charge in [-0.1, -0.05) is 36.6 Å². The first-order valence-corrected chi connectivity index (χ1v) is 6.73. The van der Waals surface area contributed by atoms with Crippen molar-refractivity contribution in [3.8, 4) is 0 Å². The third-order valence-corrected chi connectivity index (χ3v) is 4.03. The van der Waals surface area contributed by atoms with E-state index in [9.17, 15) is 0 Å². The Morgan fingerprint density at radius 1 is 1.28 bits per heavy atom. The van der Waals surface area contributed by atoms with Crippen LogP contribution in [-0.2, 0) is 0 Å². The van der Waals surface area contributed by atoms with Crippen molar-refractivity contribution in [2.45, 2.75) is 31.6 Å². The van der Waals surface area contributed by atoms with E-state index in [0.29, 0.717) is 10.9 Å². The van der Waals surface area contributed by atoms with Gasteiger partial charge in [0.15, 0.2) is 0 Å². The lowest BCUT2D eigenvalue weighted by Crippen LogP contribution is -2.12. The number of nitrogen functional groups attached to an aromatic ring is 1. The van der Waals surface area contributed by atoms with Crippen LogP contribution < -0.4 is 11.3 Å². The van der Waals surface area contributed by atoms with Crippen LogP contribution in [0.15, 0.2) is 24.3 Å². The molecule has 1 saturated carbocycles. The lowest BCUT2D eigenvalue weighted by Gasteiger charge is -2.15. The smallest absolute Gasteiger partial charge is 0.0893 e. The Labute approximate surface area is 111 Å². The Bertz CT molecular complexity index is 577. The zero-order chi connectivity index (χ0) is 12.5. The number of pyridine rings is 1. The normalized spacial score (nSPS) is 16.3. The van der Waals surface area contributed by atoms with E-state index >= 15 is 0 Å². The second-order valence-corrected chi connectivity index (χ2v) is 5.27. The van der Waals surface area contributed by atoms with Crippen molar-refractivity contribution < 1.29 is 0 Å². The van der Waals surface area contributed by atoms with E-state index in [1.807, 2.05) is 24.3 Å². The van der Waals surface area contributed by atoms with Gasteiger partial charge >= 0.3 is 0 Å². The Morgan fingerprint density at radius 3 is 2.78 bits per heavy atom. The summed E-state index contributed by atoms with van der Waals surface area (Å²) in [4.78, 5) is 4.75. The molecule has 0 bridgehead atoms. The molecule has 1 aromatic carbocycles. The van der Waals surface area contributed by atoms with Crippen LogP contribution in [0.2, 0.25) is 5.02 Å². The number of anilines is 1. The molecule has 1 aliphatic rings. The molecule has 0 saturated heterocycles. The van der Waals surface area contributed by atoms with Crippen molar-refractivity contribution in [3.63, 3.8) is 0 Å². The van der Waals surface area contributed by atoms with E-state index in [2.05, 4.69) is 5.43 Å². The fraction of sp³-hybridized carbons (Fsp3) is 0.357. The number of nitrogens with two attached hydrogens (primary N) is 1. The highest BCUT2D eigenvalue weighted by atomic mass is 35.5. The first-order valence-electron chi connectivity index (χ1n) is 6.35. The van der Waals surface area contributed by atoms with Crippen molar-refractivity contribution in [2.24, 2.45) is 5.84 Å². The fourth-order valence-electron chi connectivity index (χ4n) is 2.80. The second-order valence-electron chi connectivity index (χ2n) is 4.86. The van der Waals surface area contributed by atoms with Gasteiger partial charge in [-0.15, -0.1) is 0 Å². The van der Waals surface area contributed by atoms with Crippen LogP contribution in [0.4, 0.5) is 5.69 Å². The lowest BCUT2D eigenvalue weighted by molar-refractivity contribution is 0.702. The molecule has 3 N–H and O–H groups in total. The molecule has 1 fully saturated rings. The molecule has 1 aliphatic carbocycles. The van der Waals surface area contributed by atoms with E-state index in [1.54, 1.807) is 0 Å². The Balaban J connectivity index is 2.19. The molecule has 0 aliphatic heterocycles. The van der Waals surface area contributed by atoms with Crippen molar-refractivity contribution in [3.05, 3.63) is 35.0 Å². The Morgan fingerprint density at radius 2 is 2.06 bits per heavy atom. The van der Waals surface area contributed by atoms with E-state index in [0.717, 1.165) is 22.3 Å². The van der Waals surface area contributed by atoms with Gasteiger partial charge in [0.05, 0.1) is 21.9 Å². The van der Waals surface area contributed by atoms with E-state index in [1.165, 1.54) is 25.7 Å². The molecule has 0 radical (unpaired) electrons. The minimum Gasteiger partial charge on any atom is -0.322 e. The number of nitrogens with zero attached hydrogens (tertiary/aromatic N) is 1. The number of fused-ring (bicyclic) bond motifs is 1. The summed E-state index contributed by atoms with van der Waals surface area (Å²) in [5.74, 6) is 6.14. The number of para-hydroxylation sites is 1. The third kappa shape index (κ3) is 1.93. The van der Waals surface area contributed by atoms with Gasteiger partial charge in [-0.2, -0.15) is 0 Å². The van der Waals surface area contributed by atoms with Gasteiger partial charge in [-0.25, -0.2) is 4.98 Å². The Kier molecular flexibility index (Phi) is 3.10. The van der Waals surface area contributed by atoms with Crippen LogP contribution in [0.5, 0.6) is 0 Å². The van der Waals surface area contributed by atoms with Crippen LogP contribution in [0.1, 0.15) is 37.3 Å². The number of aromatic nitrogens is 1. The first-order chi connectivity index (χ1) is 8.79. The summed E-state index contributed by atoms with van der Waals surface area (Å²) < 4.78 is 0. The van der Waals surface area contributed by atoms with Crippen LogP contribution in [0.3, 0.4) is 0 Å². The molecule has 3 rings (SSSR count). The van der Waals surface area contributed by atoms with Crippen molar-refractivity contribution in [1.82, 2.24) is 4.98 Å². The third-order valence-electron chi connectivity index (χ3n) is 3.72. The van der Waals surface area contributed by atoms with Gasteiger partial charge in [-0.05, 0) is 25.0 Å². The molecule has 0 amide bonds. The quantitative estimate of drug-likeness (QED) is 0.638. The predicted octanol–water partition coefficient (Wildman–Crippen LogP) is 3.83. The van der Waals surface area contributed by atoms with Crippen LogP contribution in [0.25, 0.3) is 10.9 Å². The standard InChI is InChI=1S/C14H16ClN3/c15-11-7-3-6-10-8-12(18-16)14(17-13(10)11)9-4-1-2-5-9/h3,6-9,18H,1-2,4-5,16H2. The number of benzene rings is 1. The number of nitrogens with one attached hydrogen (secondary N) is 1. The molecule has 2 aromatic rings. The number of hydrogen-bond acceptors (Lipinski definition) is 3. The second kappa shape index (κ2) is 4.75. The van der Waals surface area contributed by atoms with Crippen molar-refractivity contribution in [1.29, 1.82) is 0 Å². The van der Waals surface area contributed by atoms with E-state index in [-0.39, 0.29) is 0 Å². The molecule has 18 heavy (non-hydrogen) atoms. The molecule has 0 atom stereocenters. The van der Waals surface area contributed by atoms with Crippen LogP contribution in [-0.4, -0.2) is 4.98 Å². The fourth-order valence-corrected chi connectivity index (χ4v) is 3.03. The minimum absolute atomic E-state index is 0.511. The predicted molar refractivity (Wildman–Crippen MR) is 75.8 cm³/mol. The summed E-state index contributed by atoms with van der Waals surface area (Å²) in [6.45, 7) is 0. The zero-order valence-electron chi connectivity index (χ0n) is 10.1. The summed E-state index contributed by atoms with van der Waals surface area (Å²) >= 11 is 6.22. The van der Waals surface area contributed by atoms with Gasteiger partial charge in [0.1, 0.15) is 0 Å². The number of hydrazine groups is 1. The number of rotatable bonds is 2. The van der Waals surface area contributed by atoms with Crippen LogP contribution in [0, 0.1) is 0 Å². The maximum atomic E-state index is 6.22. The highest BCUT2D eigenvalue weighted by Crippen LogP contribution is 2.38. The molecule has 1 aromatic heterocycles. The van der Waals surface area contributed by atoms with Crippen molar-refractivity contribution in [2.75, 3.05) is 5.43 Å². The number of hydrogen-bond donors (Lipinski definition) is 2. The summed E-state index contributed by atoms with van der Waals surface area (Å²) in [5.41, 5.74) is 5.65. The van der Waals surface area contributed by atoms with Gasteiger partial charge in [0, 0.05) is 11.3 Å². The van der Waals surface area contributed by atoms with E-state index < -0.39 is 0 Å². The van der Waals surface area contributed by atoms with Crippen LogP contribution >= 0.6 is 11.6 Å². The first kappa shape index (κ1) is 11.8. The molecule has 0 spiro atoms. The molecular formula is C14H16ClN3. The van der Waals surface area contributed by atoms with Crippen molar-refractivity contribution >= 4 is 28.2 Å². The Hall–Kier alpha value is -1.32. The summed E-state index contributed by atoms with van der Waals surface area (Å²) in [7, 11) is 0. The molecule has 3 nitrogen and oxygen atoms in total. The maximum absolute atomic E-state index is 6.22. The largest absolute Gasteiger partial charge is 0.322 e.